The van der Waals surface area contributed by atoms with Gasteiger partial charge in [-0.2, -0.15) is 0 Å². The van der Waals surface area contributed by atoms with Crippen LogP contribution in [0.25, 0.3) is 0 Å². The molecule has 2 N–H and O–H groups in total. The van der Waals surface area contributed by atoms with E-state index in [1.54, 1.807) is 6.92 Å². The molecule has 1 aromatic carbocycles. The fourth-order valence-electron chi connectivity index (χ4n) is 2.52. The number of para-hydroxylation sites is 1. The van der Waals surface area contributed by atoms with Crippen LogP contribution in [-0.4, -0.2) is 36.0 Å². The van der Waals surface area contributed by atoms with Crippen molar-refractivity contribution in [3.8, 4) is 5.75 Å². The van der Waals surface area contributed by atoms with Gasteiger partial charge >= 0.3 is 0 Å². The lowest BCUT2D eigenvalue weighted by molar-refractivity contribution is -0.141. The van der Waals surface area contributed by atoms with Crippen LogP contribution >= 0.6 is 0 Å². The Hall–Kier alpha value is -1.55. The van der Waals surface area contributed by atoms with Crippen LogP contribution < -0.4 is 10.5 Å². The topological polar surface area (TPSA) is 55.6 Å². The molecule has 1 heterocycles. The fourth-order valence-corrected chi connectivity index (χ4v) is 2.52. The summed E-state index contributed by atoms with van der Waals surface area (Å²) in [6.45, 7) is 3.13. The maximum Gasteiger partial charge on any atom is 0.263 e. The number of hydrogen-bond acceptors (Lipinski definition) is 3. The Morgan fingerprint density at radius 1 is 1.42 bits per heavy atom. The third-order valence-corrected chi connectivity index (χ3v) is 3.59. The SMILES string of the molecule is CC(Oc1ccccc1)C(=O)N1CCCCC1CN. The summed E-state index contributed by atoms with van der Waals surface area (Å²) < 4.78 is 5.69. The summed E-state index contributed by atoms with van der Waals surface area (Å²) in [7, 11) is 0. The number of carbonyl (C=O) groups is 1. The Bertz CT molecular complexity index is 408. The predicted octanol–water partition coefficient (Wildman–Crippen LogP) is 1.79. The van der Waals surface area contributed by atoms with Gasteiger partial charge in [0.2, 0.25) is 0 Å². The first kappa shape index (κ1) is 13.9. The Balaban J connectivity index is 1.98. The Morgan fingerprint density at radius 2 is 2.16 bits per heavy atom. The third-order valence-electron chi connectivity index (χ3n) is 3.59. The lowest BCUT2D eigenvalue weighted by Crippen LogP contribution is -2.51. The fraction of sp³-hybridized carbons (Fsp3) is 0.533. The van der Waals surface area contributed by atoms with E-state index in [9.17, 15) is 4.79 Å². The minimum atomic E-state index is -0.463. The highest BCUT2D eigenvalue weighted by atomic mass is 16.5. The standard InChI is InChI=1S/C15H22N2O2/c1-12(19-14-8-3-2-4-9-14)15(18)17-10-6-5-7-13(17)11-16/h2-4,8-9,12-13H,5-7,10-11,16H2,1H3. The Labute approximate surface area is 114 Å². The van der Waals surface area contributed by atoms with E-state index in [1.807, 2.05) is 35.2 Å². The molecule has 1 amide bonds. The molecule has 2 rings (SSSR count). The van der Waals surface area contributed by atoms with Gasteiger partial charge in [0.05, 0.1) is 0 Å². The van der Waals surface area contributed by atoms with Crippen LogP contribution in [0.3, 0.4) is 0 Å². The van der Waals surface area contributed by atoms with Gasteiger partial charge in [0, 0.05) is 19.1 Å². The molecular weight excluding hydrogens is 240 g/mol. The smallest absolute Gasteiger partial charge is 0.263 e. The number of piperidine rings is 1. The van der Waals surface area contributed by atoms with Crippen LogP contribution in [0.5, 0.6) is 5.75 Å². The number of amides is 1. The lowest BCUT2D eigenvalue weighted by Gasteiger charge is -2.36. The number of nitrogens with zero attached hydrogens (tertiary/aromatic N) is 1. The van der Waals surface area contributed by atoms with Crippen LogP contribution in [0.2, 0.25) is 0 Å². The number of ether oxygens (including phenoxy) is 1. The number of likely N-dealkylation sites (tertiary alicyclic amines) is 1. The van der Waals surface area contributed by atoms with Crippen molar-refractivity contribution >= 4 is 5.91 Å². The number of hydrogen-bond donors (Lipinski definition) is 1. The van der Waals surface area contributed by atoms with Crippen molar-refractivity contribution in [3.05, 3.63) is 30.3 Å². The first-order valence-corrected chi connectivity index (χ1v) is 6.94. The van der Waals surface area contributed by atoms with Crippen molar-refractivity contribution < 1.29 is 9.53 Å². The van der Waals surface area contributed by atoms with Gasteiger partial charge in [0.15, 0.2) is 6.10 Å². The number of carbonyl (C=O) groups excluding carboxylic acids is 1. The lowest BCUT2D eigenvalue weighted by atomic mass is 10.0. The molecule has 19 heavy (non-hydrogen) atoms. The molecule has 0 aliphatic carbocycles. The van der Waals surface area contributed by atoms with Crippen LogP contribution in [0.4, 0.5) is 0 Å². The van der Waals surface area contributed by atoms with Gasteiger partial charge in [-0.3, -0.25) is 4.79 Å². The summed E-state index contributed by atoms with van der Waals surface area (Å²) in [5.41, 5.74) is 5.75. The second kappa shape index (κ2) is 6.57. The summed E-state index contributed by atoms with van der Waals surface area (Å²) in [5, 5.41) is 0. The van der Waals surface area contributed by atoms with Crippen LogP contribution in [0.15, 0.2) is 30.3 Å². The van der Waals surface area contributed by atoms with Gasteiger partial charge < -0.3 is 15.4 Å². The summed E-state index contributed by atoms with van der Waals surface area (Å²) in [6.07, 6.45) is 2.75. The van der Waals surface area contributed by atoms with Gasteiger partial charge in [-0.15, -0.1) is 0 Å². The molecule has 0 radical (unpaired) electrons. The molecule has 104 valence electrons. The van der Waals surface area contributed by atoms with E-state index in [1.165, 1.54) is 0 Å². The summed E-state index contributed by atoms with van der Waals surface area (Å²) in [5.74, 6) is 0.767. The first-order valence-electron chi connectivity index (χ1n) is 6.94. The summed E-state index contributed by atoms with van der Waals surface area (Å²) in [4.78, 5) is 14.3. The van der Waals surface area contributed by atoms with Crippen LogP contribution in [-0.2, 0) is 4.79 Å². The van der Waals surface area contributed by atoms with Gasteiger partial charge in [-0.25, -0.2) is 0 Å². The van der Waals surface area contributed by atoms with Crippen molar-refractivity contribution in [2.24, 2.45) is 5.73 Å². The maximum atomic E-state index is 12.4. The highest BCUT2D eigenvalue weighted by molar-refractivity contribution is 5.81. The zero-order valence-corrected chi connectivity index (χ0v) is 11.4. The number of nitrogens with two attached hydrogens (primary N) is 1. The van der Waals surface area contributed by atoms with Crippen molar-refractivity contribution in [1.82, 2.24) is 4.90 Å². The molecule has 0 saturated carbocycles. The minimum absolute atomic E-state index is 0.0407. The van der Waals surface area contributed by atoms with Crippen molar-refractivity contribution in [2.75, 3.05) is 13.1 Å². The molecule has 1 fully saturated rings. The highest BCUT2D eigenvalue weighted by Gasteiger charge is 2.29. The first-order chi connectivity index (χ1) is 9.22. The number of rotatable bonds is 4. The second-order valence-corrected chi connectivity index (χ2v) is 4.99. The third kappa shape index (κ3) is 3.47. The molecule has 1 aliphatic rings. The van der Waals surface area contributed by atoms with Gasteiger partial charge in [0.1, 0.15) is 5.75 Å². The molecule has 1 aromatic rings. The normalized spacial score (nSPS) is 20.9. The quantitative estimate of drug-likeness (QED) is 0.900. The molecule has 0 aromatic heterocycles. The second-order valence-electron chi connectivity index (χ2n) is 4.99. The van der Waals surface area contributed by atoms with Gasteiger partial charge in [-0.1, -0.05) is 18.2 Å². The Morgan fingerprint density at radius 3 is 2.84 bits per heavy atom. The zero-order valence-electron chi connectivity index (χ0n) is 11.4. The van der Waals surface area contributed by atoms with Crippen molar-refractivity contribution in [1.29, 1.82) is 0 Å². The predicted molar refractivity (Wildman–Crippen MR) is 74.9 cm³/mol. The van der Waals surface area contributed by atoms with Crippen molar-refractivity contribution in [2.45, 2.75) is 38.3 Å². The molecular formula is C15H22N2O2. The molecule has 0 bridgehead atoms. The number of benzene rings is 1. The van der Waals surface area contributed by atoms with Crippen molar-refractivity contribution in [3.63, 3.8) is 0 Å². The van der Waals surface area contributed by atoms with E-state index in [0.717, 1.165) is 31.6 Å². The molecule has 4 nitrogen and oxygen atoms in total. The molecule has 2 atom stereocenters. The monoisotopic (exact) mass is 262 g/mol. The van der Waals surface area contributed by atoms with Gasteiger partial charge in [-0.05, 0) is 38.3 Å². The molecule has 4 heteroatoms. The molecule has 1 saturated heterocycles. The largest absolute Gasteiger partial charge is 0.481 e. The van der Waals surface area contributed by atoms with E-state index in [0.29, 0.717) is 6.54 Å². The highest BCUT2D eigenvalue weighted by Crippen LogP contribution is 2.19. The average Bonchev–Trinajstić information content (AvgIpc) is 2.47. The van der Waals surface area contributed by atoms with Gasteiger partial charge in [0.25, 0.3) is 5.91 Å². The van der Waals surface area contributed by atoms with E-state index in [2.05, 4.69) is 0 Å². The van der Waals surface area contributed by atoms with E-state index in [4.69, 9.17) is 10.5 Å². The van der Waals surface area contributed by atoms with E-state index in [-0.39, 0.29) is 11.9 Å². The maximum absolute atomic E-state index is 12.4. The summed E-state index contributed by atoms with van der Waals surface area (Å²) in [6, 6.07) is 9.62. The van der Waals surface area contributed by atoms with Crippen LogP contribution in [0, 0.1) is 0 Å². The molecule has 2 unspecified atom stereocenters. The molecule has 0 spiro atoms. The van der Waals surface area contributed by atoms with Crippen LogP contribution in [0.1, 0.15) is 26.2 Å². The summed E-state index contributed by atoms with van der Waals surface area (Å²) >= 11 is 0. The van der Waals surface area contributed by atoms with E-state index < -0.39 is 6.10 Å². The zero-order chi connectivity index (χ0) is 13.7. The van der Waals surface area contributed by atoms with E-state index >= 15 is 0 Å². The molecule has 1 aliphatic heterocycles. The Kier molecular flexibility index (Phi) is 4.80. The minimum Gasteiger partial charge on any atom is -0.481 e. The average molecular weight is 262 g/mol.